The Morgan fingerprint density at radius 2 is 1.72 bits per heavy atom. The molecule has 6 nitrogen and oxygen atoms in total. The van der Waals surface area contributed by atoms with Gasteiger partial charge in [0.05, 0.1) is 11.5 Å². The molecule has 32 heavy (non-hydrogen) atoms. The van der Waals surface area contributed by atoms with Crippen LogP contribution in [0.15, 0.2) is 53.4 Å². The van der Waals surface area contributed by atoms with Crippen molar-refractivity contribution in [3.63, 3.8) is 0 Å². The van der Waals surface area contributed by atoms with Crippen LogP contribution in [0.1, 0.15) is 54.7 Å². The molecule has 1 heterocycles. The van der Waals surface area contributed by atoms with E-state index in [4.69, 9.17) is 4.74 Å². The van der Waals surface area contributed by atoms with Crippen molar-refractivity contribution in [3.8, 4) is 0 Å². The van der Waals surface area contributed by atoms with Crippen molar-refractivity contribution >= 4 is 15.9 Å². The Bertz CT molecular complexity index is 1030. The Morgan fingerprint density at radius 1 is 1.03 bits per heavy atom. The second-order valence-electron chi connectivity index (χ2n) is 8.73. The Morgan fingerprint density at radius 3 is 2.41 bits per heavy atom. The van der Waals surface area contributed by atoms with E-state index in [2.05, 4.69) is 5.32 Å². The number of hydrogen-bond acceptors (Lipinski definition) is 4. The lowest BCUT2D eigenvalue weighted by molar-refractivity contribution is -0.125. The van der Waals surface area contributed by atoms with E-state index in [-0.39, 0.29) is 17.3 Å². The molecule has 1 amide bonds. The van der Waals surface area contributed by atoms with Gasteiger partial charge in [0, 0.05) is 20.2 Å². The summed E-state index contributed by atoms with van der Waals surface area (Å²) in [6, 6.07) is 14.3. The molecule has 0 aromatic heterocycles. The number of amides is 1. The predicted molar refractivity (Wildman–Crippen MR) is 124 cm³/mol. The van der Waals surface area contributed by atoms with E-state index in [1.165, 1.54) is 42.0 Å². The third-order valence-corrected chi connectivity index (χ3v) is 8.55. The summed E-state index contributed by atoms with van der Waals surface area (Å²) in [5.41, 5.74) is 3.16. The molecule has 1 atom stereocenters. The number of rotatable bonds is 7. The van der Waals surface area contributed by atoms with Crippen LogP contribution in [-0.4, -0.2) is 44.9 Å². The van der Waals surface area contributed by atoms with E-state index in [1.807, 2.05) is 36.4 Å². The predicted octanol–water partition coefficient (Wildman–Crippen LogP) is 3.61. The lowest BCUT2D eigenvalue weighted by Crippen LogP contribution is -2.52. The standard InChI is InChI=1S/C25H32N2O4S/c1-31-16-15-26-25(28)24-17-21-9-5-6-10-22(21)18-27(24)32(29,30)23-13-11-20(12-14-23)19-7-3-2-4-8-19/h5-6,9-14,19,24H,2-4,7-8,15-18H2,1H3,(H,26,28). The van der Waals surface area contributed by atoms with Gasteiger partial charge in [0.2, 0.25) is 15.9 Å². The van der Waals surface area contributed by atoms with Crippen LogP contribution in [0.2, 0.25) is 0 Å². The van der Waals surface area contributed by atoms with Crippen molar-refractivity contribution in [1.82, 2.24) is 9.62 Å². The number of hydrogen-bond donors (Lipinski definition) is 1. The van der Waals surface area contributed by atoms with Crippen molar-refractivity contribution in [2.75, 3.05) is 20.3 Å². The maximum Gasteiger partial charge on any atom is 0.244 e. The average molecular weight is 457 g/mol. The van der Waals surface area contributed by atoms with Crippen LogP contribution >= 0.6 is 0 Å². The molecule has 7 heteroatoms. The number of sulfonamides is 1. The fourth-order valence-corrected chi connectivity index (χ4v) is 6.42. The van der Waals surface area contributed by atoms with Gasteiger partial charge in [-0.15, -0.1) is 0 Å². The zero-order chi connectivity index (χ0) is 22.6. The highest BCUT2D eigenvalue weighted by Crippen LogP contribution is 2.34. The van der Waals surface area contributed by atoms with E-state index in [0.29, 0.717) is 25.5 Å². The second-order valence-corrected chi connectivity index (χ2v) is 10.6. The molecule has 172 valence electrons. The lowest BCUT2D eigenvalue weighted by atomic mass is 9.84. The second kappa shape index (κ2) is 10.1. The van der Waals surface area contributed by atoms with Gasteiger partial charge < -0.3 is 10.1 Å². The van der Waals surface area contributed by atoms with Crippen LogP contribution < -0.4 is 5.32 Å². The zero-order valence-corrected chi connectivity index (χ0v) is 19.4. The largest absolute Gasteiger partial charge is 0.383 e. The van der Waals surface area contributed by atoms with Crippen LogP contribution in [0, 0.1) is 0 Å². The van der Waals surface area contributed by atoms with Crippen LogP contribution in [0.5, 0.6) is 0 Å². The first kappa shape index (κ1) is 23.0. The highest BCUT2D eigenvalue weighted by Gasteiger charge is 2.39. The third kappa shape index (κ3) is 4.90. The summed E-state index contributed by atoms with van der Waals surface area (Å²) >= 11 is 0. The van der Waals surface area contributed by atoms with E-state index in [0.717, 1.165) is 11.1 Å². The number of ether oxygens (including phenoxy) is 1. The SMILES string of the molecule is COCCNC(=O)C1Cc2ccccc2CN1S(=O)(=O)c1ccc(C2CCCCC2)cc1. The maximum absolute atomic E-state index is 13.7. The fraction of sp³-hybridized carbons (Fsp3) is 0.480. The van der Waals surface area contributed by atoms with Crippen molar-refractivity contribution in [3.05, 3.63) is 65.2 Å². The van der Waals surface area contributed by atoms with Crippen LogP contribution in [0.4, 0.5) is 0 Å². The van der Waals surface area contributed by atoms with Gasteiger partial charge in [0.25, 0.3) is 0 Å². The van der Waals surface area contributed by atoms with E-state index < -0.39 is 16.1 Å². The van der Waals surface area contributed by atoms with Gasteiger partial charge in [-0.1, -0.05) is 55.7 Å². The van der Waals surface area contributed by atoms with Crippen LogP contribution in [-0.2, 0) is 32.5 Å². The van der Waals surface area contributed by atoms with Crippen LogP contribution in [0.3, 0.4) is 0 Å². The molecular weight excluding hydrogens is 424 g/mol. The maximum atomic E-state index is 13.7. The van der Waals surface area contributed by atoms with E-state index in [1.54, 1.807) is 19.2 Å². The zero-order valence-electron chi connectivity index (χ0n) is 18.6. The average Bonchev–Trinajstić information content (AvgIpc) is 2.84. The molecule has 1 fully saturated rings. The van der Waals surface area contributed by atoms with Crippen LogP contribution in [0.25, 0.3) is 0 Å². The summed E-state index contributed by atoms with van der Waals surface area (Å²) in [6.07, 6.45) is 6.44. The molecule has 2 aliphatic rings. The molecule has 1 N–H and O–H groups in total. The topological polar surface area (TPSA) is 75.7 Å². The summed E-state index contributed by atoms with van der Waals surface area (Å²) in [7, 11) is -2.27. The number of carbonyl (C=O) groups excluding carboxylic acids is 1. The van der Waals surface area contributed by atoms with Crippen molar-refractivity contribution in [1.29, 1.82) is 0 Å². The molecule has 4 rings (SSSR count). The van der Waals surface area contributed by atoms with Gasteiger partial charge in [0.1, 0.15) is 6.04 Å². The summed E-state index contributed by atoms with van der Waals surface area (Å²) in [5.74, 6) is 0.223. The summed E-state index contributed by atoms with van der Waals surface area (Å²) in [6.45, 7) is 0.910. The highest BCUT2D eigenvalue weighted by molar-refractivity contribution is 7.89. The van der Waals surface area contributed by atoms with Crippen molar-refractivity contribution < 1.29 is 17.9 Å². The summed E-state index contributed by atoms with van der Waals surface area (Å²) < 4.78 is 33.7. The van der Waals surface area contributed by atoms with E-state index >= 15 is 0 Å². The number of nitrogens with one attached hydrogen (secondary N) is 1. The van der Waals surface area contributed by atoms with E-state index in [9.17, 15) is 13.2 Å². The molecule has 0 saturated heterocycles. The lowest BCUT2D eigenvalue weighted by Gasteiger charge is -2.35. The first-order valence-corrected chi connectivity index (χ1v) is 12.9. The first-order chi connectivity index (χ1) is 15.5. The molecule has 0 bridgehead atoms. The molecule has 2 aromatic carbocycles. The smallest absolute Gasteiger partial charge is 0.244 e. The minimum absolute atomic E-state index is 0.186. The Hall–Kier alpha value is -2.22. The molecule has 1 saturated carbocycles. The third-order valence-electron chi connectivity index (χ3n) is 6.68. The summed E-state index contributed by atoms with van der Waals surface area (Å²) in [5, 5.41) is 2.82. The number of benzene rings is 2. The molecular formula is C25H32N2O4S. The monoisotopic (exact) mass is 456 g/mol. The quantitative estimate of drug-likeness (QED) is 0.646. The normalized spacial score (nSPS) is 20.0. The Labute approximate surface area is 191 Å². The van der Waals surface area contributed by atoms with Gasteiger partial charge in [0.15, 0.2) is 0 Å². The van der Waals surface area contributed by atoms with Crippen molar-refractivity contribution in [2.24, 2.45) is 0 Å². The molecule has 1 aliphatic heterocycles. The number of carbonyl (C=O) groups is 1. The van der Waals surface area contributed by atoms with Gasteiger partial charge in [-0.05, 0) is 54.0 Å². The molecule has 1 aliphatic carbocycles. The molecule has 0 spiro atoms. The molecule has 0 radical (unpaired) electrons. The number of methoxy groups -OCH3 is 1. The highest BCUT2D eigenvalue weighted by atomic mass is 32.2. The van der Waals surface area contributed by atoms with Crippen molar-refractivity contribution in [2.45, 2.75) is 61.9 Å². The molecule has 1 unspecified atom stereocenters. The summed E-state index contributed by atoms with van der Waals surface area (Å²) in [4.78, 5) is 13.2. The molecule has 2 aromatic rings. The fourth-order valence-electron chi connectivity index (χ4n) is 4.85. The van der Waals surface area contributed by atoms with Gasteiger partial charge in [-0.3, -0.25) is 4.79 Å². The van der Waals surface area contributed by atoms with Gasteiger partial charge in [-0.2, -0.15) is 4.31 Å². The Kier molecular flexibility index (Phi) is 7.28. The minimum Gasteiger partial charge on any atom is -0.383 e. The minimum atomic E-state index is -3.84. The first-order valence-electron chi connectivity index (χ1n) is 11.5. The van der Waals surface area contributed by atoms with Gasteiger partial charge >= 0.3 is 0 Å². The number of fused-ring (bicyclic) bond motifs is 1. The Balaban J connectivity index is 1.60. The van der Waals surface area contributed by atoms with Gasteiger partial charge in [-0.25, -0.2) is 8.42 Å². The number of nitrogens with zero attached hydrogens (tertiary/aromatic N) is 1.